The van der Waals surface area contributed by atoms with E-state index in [4.69, 9.17) is 14.2 Å². The van der Waals surface area contributed by atoms with Crippen LogP contribution >= 0.6 is 0 Å². The van der Waals surface area contributed by atoms with E-state index >= 15 is 0 Å². The first kappa shape index (κ1) is 18.5. The van der Waals surface area contributed by atoms with Gasteiger partial charge in [0.15, 0.2) is 0 Å². The van der Waals surface area contributed by atoms with E-state index in [0.717, 1.165) is 5.56 Å². The summed E-state index contributed by atoms with van der Waals surface area (Å²) in [7, 11) is 1.23. The minimum absolute atomic E-state index is 0.00105. The molecule has 1 amide bonds. The van der Waals surface area contributed by atoms with Crippen LogP contribution in [0.25, 0.3) is 0 Å². The first-order valence-corrected chi connectivity index (χ1v) is 7.94. The van der Waals surface area contributed by atoms with Gasteiger partial charge in [0.25, 0.3) is 0 Å². The van der Waals surface area contributed by atoms with Crippen LogP contribution in [0.2, 0.25) is 0 Å². The lowest BCUT2D eigenvalue weighted by Gasteiger charge is -2.27. The molecule has 0 aromatic heterocycles. The number of nitrogens with one attached hydrogen (secondary N) is 1. The van der Waals surface area contributed by atoms with Gasteiger partial charge in [0, 0.05) is 18.4 Å². The molecule has 0 saturated heterocycles. The van der Waals surface area contributed by atoms with Gasteiger partial charge in [0.1, 0.15) is 12.1 Å². The van der Waals surface area contributed by atoms with Crippen molar-refractivity contribution in [3.63, 3.8) is 0 Å². The lowest BCUT2D eigenvalue weighted by atomic mass is 9.95. The first-order chi connectivity index (χ1) is 12.0. The van der Waals surface area contributed by atoms with E-state index < -0.39 is 23.6 Å². The lowest BCUT2D eigenvalue weighted by Crippen LogP contribution is -2.53. The molecule has 0 heterocycles. The van der Waals surface area contributed by atoms with Crippen LogP contribution in [0, 0.1) is 0 Å². The highest BCUT2D eigenvalue weighted by Gasteiger charge is 2.46. The number of hydrogen-bond acceptors (Lipinski definition) is 6. The summed E-state index contributed by atoms with van der Waals surface area (Å²) in [5, 5.41) is 2.54. The summed E-state index contributed by atoms with van der Waals surface area (Å²) in [6, 6.07) is 9.16. The van der Waals surface area contributed by atoms with Crippen molar-refractivity contribution in [1.29, 1.82) is 0 Å². The topological polar surface area (TPSA) is 90.9 Å². The van der Waals surface area contributed by atoms with Crippen molar-refractivity contribution >= 4 is 18.0 Å². The third kappa shape index (κ3) is 4.59. The number of rotatable bonds is 6. The number of carbonyl (C=O) groups is 3. The Hall–Kier alpha value is -2.83. The number of benzene rings is 1. The number of methoxy groups -OCH3 is 1. The normalized spacial score (nSPS) is 18.9. The smallest absolute Gasteiger partial charge is 0.408 e. The summed E-state index contributed by atoms with van der Waals surface area (Å²) in [4.78, 5) is 36.2. The summed E-state index contributed by atoms with van der Waals surface area (Å²) >= 11 is 0. The summed E-state index contributed by atoms with van der Waals surface area (Å²) in [5.41, 5.74) is -0.206. The Balaban J connectivity index is 2.00. The summed E-state index contributed by atoms with van der Waals surface area (Å²) in [6.07, 6.45) is 0.951. The van der Waals surface area contributed by atoms with E-state index in [2.05, 4.69) is 5.32 Å². The molecule has 7 nitrogen and oxygen atoms in total. The largest absolute Gasteiger partial charge is 0.467 e. The van der Waals surface area contributed by atoms with Crippen molar-refractivity contribution in [3.05, 3.63) is 47.5 Å². The van der Waals surface area contributed by atoms with E-state index in [9.17, 15) is 14.4 Å². The Kier molecular flexibility index (Phi) is 6.16. The van der Waals surface area contributed by atoms with Gasteiger partial charge in [-0.05, 0) is 12.5 Å². The number of alkyl carbamates (subject to hydrolysis) is 1. The highest BCUT2D eigenvalue weighted by Crippen LogP contribution is 2.31. The van der Waals surface area contributed by atoms with Crippen molar-refractivity contribution in [2.75, 3.05) is 13.7 Å². The van der Waals surface area contributed by atoms with Gasteiger partial charge in [0.05, 0.1) is 13.7 Å². The molecule has 0 aliphatic heterocycles. The summed E-state index contributed by atoms with van der Waals surface area (Å²) in [5.74, 6) is -1.15. The van der Waals surface area contributed by atoms with Crippen molar-refractivity contribution in [2.45, 2.75) is 31.9 Å². The molecule has 7 heteroatoms. The van der Waals surface area contributed by atoms with Gasteiger partial charge in [-0.25, -0.2) is 14.4 Å². The number of esters is 2. The molecule has 0 spiro atoms. The predicted molar refractivity (Wildman–Crippen MR) is 88.5 cm³/mol. The average Bonchev–Trinajstić information content (AvgIpc) is 3.06. The zero-order chi connectivity index (χ0) is 18.3. The molecular weight excluding hydrogens is 326 g/mol. The molecule has 1 aliphatic carbocycles. The molecule has 0 bridgehead atoms. The number of ether oxygens (including phenoxy) is 3. The maximum absolute atomic E-state index is 12.2. The Bertz CT molecular complexity index is 669. The summed E-state index contributed by atoms with van der Waals surface area (Å²) < 4.78 is 14.9. The fourth-order valence-electron chi connectivity index (χ4n) is 2.60. The van der Waals surface area contributed by atoms with Crippen molar-refractivity contribution in [2.24, 2.45) is 0 Å². The van der Waals surface area contributed by atoms with E-state index in [1.807, 2.05) is 30.3 Å². The average molecular weight is 347 g/mol. The van der Waals surface area contributed by atoms with Crippen LogP contribution in [-0.4, -0.2) is 37.3 Å². The van der Waals surface area contributed by atoms with Gasteiger partial charge in [-0.3, -0.25) is 0 Å². The molecule has 1 aliphatic rings. The van der Waals surface area contributed by atoms with E-state index in [1.165, 1.54) is 7.11 Å². The van der Waals surface area contributed by atoms with E-state index in [1.54, 1.807) is 13.0 Å². The fourth-order valence-corrected chi connectivity index (χ4v) is 2.60. The summed E-state index contributed by atoms with van der Waals surface area (Å²) in [6.45, 7) is 2.00. The number of hydrogen-bond donors (Lipinski definition) is 1. The molecule has 0 radical (unpaired) electrons. The van der Waals surface area contributed by atoms with Gasteiger partial charge < -0.3 is 19.5 Å². The van der Waals surface area contributed by atoms with Gasteiger partial charge in [0.2, 0.25) is 0 Å². The van der Waals surface area contributed by atoms with Crippen LogP contribution in [-0.2, 0) is 30.4 Å². The first-order valence-electron chi connectivity index (χ1n) is 7.94. The molecule has 1 atom stereocenters. The van der Waals surface area contributed by atoms with Gasteiger partial charge in [-0.15, -0.1) is 0 Å². The van der Waals surface area contributed by atoms with Gasteiger partial charge in [-0.2, -0.15) is 0 Å². The van der Waals surface area contributed by atoms with Crippen LogP contribution in [0.1, 0.15) is 25.3 Å². The van der Waals surface area contributed by atoms with Crippen molar-refractivity contribution in [1.82, 2.24) is 5.32 Å². The maximum Gasteiger partial charge on any atom is 0.408 e. The van der Waals surface area contributed by atoms with Crippen molar-refractivity contribution < 1.29 is 28.6 Å². The Labute approximate surface area is 145 Å². The van der Waals surface area contributed by atoms with E-state index in [0.29, 0.717) is 5.57 Å². The third-order valence-corrected chi connectivity index (χ3v) is 3.86. The zero-order valence-electron chi connectivity index (χ0n) is 14.2. The Morgan fingerprint density at radius 3 is 2.52 bits per heavy atom. The second-order valence-corrected chi connectivity index (χ2v) is 5.59. The Morgan fingerprint density at radius 2 is 1.88 bits per heavy atom. The van der Waals surface area contributed by atoms with Crippen molar-refractivity contribution in [3.8, 4) is 0 Å². The molecule has 0 unspecified atom stereocenters. The highest BCUT2D eigenvalue weighted by molar-refractivity contribution is 5.94. The fraction of sp³-hybridized carbons (Fsp3) is 0.389. The molecule has 1 aromatic rings. The minimum Gasteiger partial charge on any atom is -0.467 e. The van der Waals surface area contributed by atoms with Crippen LogP contribution < -0.4 is 5.32 Å². The van der Waals surface area contributed by atoms with Crippen LogP contribution in [0.4, 0.5) is 4.79 Å². The second kappa shape index (κ2) is 8.32. The van der Waals surface area contributed by atoms with E-state index in [-0.39, 0.29) is 26.1 Å². The highest BCUT2D eigenvalue weighted by atomic mass is 16.6. The maximum atomic E-state index is 12.2. The molecule has 0 saturated carbocycles. The Morgan fingerprint density at radius 1 is 1.16 bits per heavy atom. The zero-order valence-corrected chi connectivity index (χ0v) is 14.2. The predicted octanol–water partition coefficient (Wildman–Crippen LogP) is 2.11. The van der Waals surface area contributed by atoms with Gasteiger partial charge in [-0.1, -0.05) is 36.4 Å². The molecule has 1 aromatic carbocycles. The molecule has 1 N–H and O–H groups in total. The van der Waals surface area contributed by atoms with Crippen LogP contribution in [0.5, 0.6) is 0 Å². The molecule has 2 rings (SSSR count). The minimum atomic E-state index is -1.36. The molecule has 25 heavy (non-hydrogen) atoms. The standard InChI is InChI=1S/C18H21NO6/c1-3-24-15(20)14-9-10-18(11-14,16(21)23-2)19-17(22)25-12-13-7-5-4-6-8-13/h4-9H,3,10-12H2,1-2H3,(H,19,22)/t18-/m1/s1. The van der Waals surface area contributed by atoms with Crippen LogP contribution in [0.15, 0.2) is 42.0 Å². The molecular formula is C18H21NO6. The number of carbonyl (C=O) groups excluding carboxylic acids is 3. The molecule has 0 fully saturated rings. The van der Waals surface area contributed by atoms with Crippen LogP contribution in [0.3, 0.4) is 0 Å². The monoisotopic (exact) mass is 347 g/mol. The molecule has 134 valence electrons. The van der Waals surface area contributed by atoms with Gasteiger partial charge >= 0.3 is 18.0 Å². The second-order valence-electron chi connectivity index (χ2n) is 5.59. The third-order valence-electron chi connectivity index (χ3n) is 3.86. The lowest BCUT2D eigenvalue weighted by molar-refractivity contribution is -0.148. The quantitative estimate of drug-likeness (QED) is 0.626. The number of amides is 1. The SMILES string of the molecule is CCOC(=O)C1=CC[C@](NC(=O)OCc2ccccc2)(C(=O)OC)C1.